The number of rotatable bonds is 9. The number of ether oxygens (including phenoxy) is 2. The molecule has 3 aromatic carbocycles. The fourth-order valence-corrected chi connectivity index (χ4v) is 4.99. The summed E-state index contributed by atoms with van der Waals surface area (Å²) >= 11 is 7.54. The molecule has 1 heterocycles. The van der Waals surface area contributed by atoms with Crippen molar-refractivity contribution in [3.63, 3.8) is 0 Å². The van der Waals surface area contributed by atoms with Gasteiger partial charge in [0.05, 0.1) is 17.2 Å². The summed E-state index contributed by atoms with van der Waals surface area (Å²) in [4.78, 5) is 26.8. The lowest BCUT2D eigenvalue weighted by Gasteiger charge is -2.10. The smallest absolute Gasteiger partial charge is 0.341 e. The minimum absolute atomic E-state index is 0.0558. The minimum Gasteiger partial charge on any atom is -0.487 e. The average Bonchev–Trinajstić information content (AvgIpc) is 3.32. The average molecular weight is 520 g/mol. The zero-order chi connectivity index (χ0) is 25.5. The van der Waals surface area contributed by atoms with Crippen LogP contribution in [0.1, 0.15) is 56.5 Å². The Kier molecular flexibility index (Phi) is 8.41. The second-order valence-corrected chi connectivity index (χ2v) is 9.61. The number of hydrogen-bond acceptors (Lipinski definition) is 5. The molecule has 184 valence electrons. The number of benzene rings is 3. The Morgan fingerprint density at radius 3 is 2.47 bits per heavy atom. The van der Waals surface area contributed by atoms with Gasteiger partial charge in [-0.1, -0.05) is 73.1 Å². The Labute approximate surface area is 219 Å². The molecular formula is C29H26ClNO4S. The van der Waals surface area contributed by atoms with Crippen molar-refractivity contribution in [2.75, 3.05) is 11.9 Å². The van der Waals surface area contributed by atoms with Gasteiger partial charge in [0.1, 0.15) is 17.4 Å². The first-order valence-corrected chi connectivity index (χ1v) is 12.8. The van der Waals surface area contributed by atoms with Crippen LogP contribution in [-0.2, 0) is 11.3 Å². The second kappa shape index (κ2) is 11.9. The number of nitrogens with one attached hydrogen (secondary N) is 1. The van der Waals surface area contributed by atoms with E-state index in [1.807, 2.05) is 54.6 Å². The van der Waals surface area contributed by atoms with Gasteiger partial charge >= 0.3 is 5.97 Å². The van der Waals surface area contributed by atoms with E-state index in [9.17, 15) is 9.59 Å². The van der Waals surface area contributed by atoms with Crippen LogP contribution >= 0.6 is 22.9 Å². The van der Waals surface area contributed by atoms with Crippen molar-refractivity contribution in [3.05, 3.63) is 117 Å². The predicted molar refractivity (Wildman–Crippen MR) is 144 cm³/mol. The Balaban J connectivity index is 1.54. The van der Waals surface area contributed by atoms with Crippen molar-refractivity contribution in [2.24, 2.45) is 0 Å². The van der Waals surface area contributed by atoms with Gasteiger partial charge in [0.2, 0.25) is 0 Å². The van der Waals surface area contributed by atoms with E-state index in [4.69, 9.17) is 21.1 Å². The molecule has 1 amide bonds. The molecule has 0 aliphatic heterocycles. The van der Waals surface area contributed by atoms with Crippen LogP contribution in [0.4, 0.5) is 5.00 Å². The molecule has 0 saturated heterocycles. The Bertz CT molecular complexity index is 1350. The highest BCUT2D eigenvalue weighted by Gasteiger charge is 2.22. The van der Waals surface area contributed by atoms with Crippen LogP contribution in [0.5, 0.6) is 5.75 Å². The molecule has 0 fully saturated rings. The molecule has 5 nitrogen and oxygen atoms in total. The Morgan fingerprint density at radius 2 is 1.72 bits per heavy atom. The first kappa shape index (κ1) is 25.5. The van der Waals surface area contributed by atoms with Crippen LogP contribution in [0.25, 0.3) is 0 Å². The van der Waals surface area contributed by atoms with Crippen molar-refractivity contribution >= 4 is 39.8 Å². The van der Waals surface area contributed by atoms with Crippen LogP contribution < -0.4 is 10.1 Å². The van der Waals surface area contributed by atoms with E-state index in [-0.39, 0.29) is 25.0 Å². The lowest BCUT2D eigenvalue weighted by molar-refractivity contribution is 0.0528. The Morgan fingerprint density at radius 1 is 0.972 bits per heavy atom. The van der Waals surface area contributed by atoms with Gasteiger partial charge in [0.25, 0.3) is 5.91 Å². The number of thiophene rings is 1. The molecule has 0 unspecified atom stereocenters. The molecule has 0 aliphatic rings. The molecule has 0 spiro atoms. The van der Waals surface area contributed by atoms with Crippen LogP contribution in [-0.4, -0.2) is 18.5 Å². The summed E-state index contributed by atoms with van der Waals surface area (Å²) in [6.45, 7) is 4.34. The number of carbonyl (C=O) groups is 2. The number of carbonyl (C=O) groups excluding carboxylic acids is 2. The number of para-hydroxylation sites is 1. The third kappa shape index (κ3) is 6.14. The topological polar surface area (TPSA) is 64.6 Å². The molecule has 1 atom stereocenters. The SMILES string of the molecule is CCOC(=O)c1cc([C@@H](C)c2ccccc2)sc1NC(=O)c1cccc(COc2ccccc2Cl)c1. The summed E-state index contributed by atoms with van der Waals surface area (Å²) in [5.74, 6) is -0.148. The fraction of sp³-hybridized carbons (Fsp3) is 0.172. The van der Waals surface area contributed by atoms with Gasteiger partial charge in [0, 0.05) is 16.4 Å². The first-order chi connectivity index (χ1) is 17.5. The van der Waals surface area contributed by atoms with Crippen LogP contribution in [0.2, 0.25) is 5.02 Å². The molecule has 4 aromatic rings. The monoisotopic (exact) mass is 519 g/mol. The van der Waals surface area contributed by atoms with E-state index in [0.717, 1.165) is 16.0 Å². The predicted octanol–water partition coefficient (Wildman–Crippen LogP) is 7.56. The number of esters is 1. The molecule has 36 heavy (non-hydrogen) atoms. The van der Waals surface area contributed by atoms with E-state index < -0.39 is 5.97 Å². The zero-order valence-corrected chi connectivity index (χ0v) is 21.6. The highest BCUT2D eigenvalue weighted by molar-refractivity contribution is 7.16. The van der Waals surface area contributed by atoms with Gasteiger partial charge in [-0.3, -0.25) is 4.79 Å². The third-order valence-electron chi connectivity index (χ3n) is 5.62. The summed E-state index contributed by atoms with van der Waals surface area (Å²) < 4.78 is 11.0. The number of anilines is 1. The van der Waals surface area contributed by atoms with Crippen molar-refractivity contribution in [1.29, 1.82) is 0 Å². The van der Waals surface area contributed by atoms with Gasteiger partial charge in [0.15, 0.2) is 0 Å². The van der Waals surface area contributed by atoms with Crippen LogP contribution in [0.15, 0.2) is 84.9 Å². The summed E-state index contributed by atoms with van der Waals surface area (Å²) in [7, 11) is 0. The Hall–Kier alpha value is -3.61. The normalized spacial score (nSPS) is 11.5. The molecule has 0 aliphatic carbocycles. The highest BCUT2D eigenvalue weighted by atomic mass is 35.5. The van der Waals surface area contributed by atoms with E-state index in [1.54, 1.807) is 37.3 Å². The van der Waals surface area contributed by atoms with Gasteiger partial charge in [-0.2, -0.15) is 0 Å². The maximum Gasteiger partial charge on any atom is 0.341 e. The molecule has 7 heteroatoms. The van der Waals surface area contributed by atoms with E-state index >= 15 is 0 Å². The summed E-state index contributed by atoms with van der Waals surface area (Å²) in [6, 6.07) is 26.2. The second-order valence-electron chi connectivity index (χ2n) is 8.12. The zero-order valence-electron chi connectivity index (χ0n) is 20.0. The van der Waals surface area contributed by atoms with Gasteiger partial charge in [-0.15, -0.1) is 11.3 Å². The summed E-state index contributed by atoms with van der Waals surface area (Å²) in [5.41, 5.74) is 2.75. The standard InChI is InChI=1S/C29H26ClNO4S/c1-3-34-29(33)23-17-26(19(2)21-11-5-4-6-12-21)36-28(23)31-27(32)22-13-9-10-20(16-22)18-35-25-15-8-7-14-24(25)30/h4-17,19H,3,18H2,1-2H3,(H,31,32)/t19-/m0/s1. The lowest BCUT2D eigenvalue weighted by atomic mass is 9.99. The van der Waals surface area contributed by atoms with Crippen LogP contribution in [0.3, 0.4) is 0 Å². The molecule has 1 N–H and O–H groups in total. The third-order valence-corrected chi connectivity index (χ3v) is 7.17. The molecule has 0 radical (unpaired) electrons. The van der Waals surface area contributed by atoms with Crippen LogP contribution in [0, 0.1) is 0 Å². The quantitative estimate of drug-likeness (QED) is 0.232. The van der Waals surface area contributed by atoms with Gasteiger partial charge in [-0.05, 0) is 48.4 Å². The van der Waals surface area contributed by atoms with E-state index in [2.05, 4.69) is 12.2 Å². The summed E-state index contributed by atoms with van der Waals surface area (Å²) in [6.07, 6.45) is 0. The van der Waals surface area contributed by atoms with E-state index in [0.29, 0.717) is 26.9 Å². The fourth-order valence-electron chi connectivity index (χ4n) is 3.68. The number of halogens is 1. The molecule has 0 saturated carbocycles. The minimum atomic E-state index is -0.461. The highest BCUT2D eigenvalue weighted by Crippen LogP contribution is 2.37. The van der Waals surface area contributed by atoms with Crippen molar-refractivity contribution in [3.8, 4) is 5.75 Å². The van der Waals surface area contributed by atoms with Crippen molar-refractivity contribution < 1.29 is 19.1 Å². The van der Waals surface area contributed by atoms with Crippen molar-refractivity contribution in [1.82, 2.24) is 0 Å². The van der Waals surface area contributed by atoms with Crippen molar-refractivity contribution in [2.45, 2.75) is 26.4 Å². The van der Waals surface area contributed by atoms with Gasteiger partial charge < -0.3 is 14.8 Å². The maximum absolute atomic E-state index is 13.2. The first-order valence-electron chi connectivity index (χ1n) is 11.6. The lowest BCUT2D eigenvalue weighted by Crippen LogP contribution is -2.14. The molecule has 4 rings (SSSR count). The molecular weight excluding hydrogens is 494 g/mol. The number of amides is 1. The molecule has 1 aromatic heterocycles. The maximum atomic E-state index is 13.2. The largest absolute Gasteiger partial charge is 0.487 e. The number of hydrogen-bond donors (Lipinski definition) is 1. The van der Waals surface area contributed by atoms with Gasteiger partial charge in [-0.25, -0.2) is 4.79 Å². The van der Waals surface area contributed by atoms with E-state index in [1.165, 1.54) is 11.3 Å². The summed E-state index contributed by atoms with van der Waals surface area (Å²) in [5, 5.41) is 3.91. The molecule has 0 bridgehead atoms.